The average Bonchev–Trinajstić information content (AvgIpc) is 2.73. The molecule has 31 heavy (non-hydrogen) atoms. The zero-order valence-electron chi connectivity index (χ0n) is 18.8. The van der Waals surface area contributed by atoms with Crippen LogP contribution in [0.5, 0.6) is 0 Å². The smallest absolute Gasteiger partial charge is 0.0456 e. The van der Waals surface area contributed by atoms with Gasteiger partial charge in [-0.1, -0.05) is 46.1 Å². The van der Waals surface area contributed by atoms with Gasteiger partial charge in [-0.15, -0.1) is 0 Å². The van der Waals surface area contributed by atoms with Crippen LogP contribution in [-0.2, 0) is 13.0 Å². The van der Waals surface area contributed by atoms with Gasteiger partial charge in [-0.3, -0.25) is 9.44 Å². The van der Waals surface area contributed by atoms with Crippen molar-refractivity contribution in [3.05, 3.63) is 58.6 Å². The van der Waals surface area contributed by atoms with Gasteiger partial charge in [-0.05, 0) is 77.5 Å². The third-order valence-corrected chi connectivity index (χ3v) is 9.85. The Balaban J connectivity index is 1.30. The molecule has 0 saturated heterocycles. The van der Waals surface area contributed by atoms with Crippen molar-refractivity contribution in [1.82, 2.24) is 13.7 Å². The summed E-state index contributed by atoms with van der Waals surface area (Å²) < 4.78 is 10.1. The van der Waals surface area contributed by atoms with Gasteiger partial charge in [0, 0.05) is 55.4 Å². The Bertz CT molecular complexity index is 988. The fourth-order valence-electron chi connectivity index (χ4n) is 3.91. The van der Waals surface area contributed by atoms with Crippen LogP contribution in [0.15, 0.2) is 47.4 Å². The molecule has 4 rings (SSSR count). The van der Waals surface area contributed by atoms with E-state index in [1.807, 2.05) is 6.07 Å². The summed E-state index contributed by atoms with van der Waals surface area (Å²) in [5, 5.41) is 5.63. The fourth-order valence-corrected chi connectivity index (χ4v) is 7.55. The quantitative estimate of drug-likeness (QED) is 0.555. The molecular weight excluding hydrogens is 444 g/mol. The summed E-state index contributed by atoms with van der Waals surface area (Å²) >= 11 is 6.16. The lowest BCUT2D eigenvalue weighted by Crippen LogP contribution is -2.44. The first kappa shape index (κ1) is 23.0. The molecular formula is C24H33ClN4S2. The average molecular weight is 477 g/mol. The van der Waals surface area contributed by atoms with Gasteiger partial charge in [0.2, 0.25) is 0 Å². The summed E-state index contributed by atoms with van der Waals surface area (Å²) in [6, 6.07) is 15.7. The molecule has 0 radical (unpaired) electrons. The van der Waals surface area contributed by atoms with E-state index in [1.165, 1.54) is 21.7 Å². The zero-order valence-corrected chi connectivity index (χ0v) is 21.2. The molecule has 2 aliphatic rings. The number of halogens is 1. The summed E-state index contributed by atoms with van der Waals surface area (Å²) in [5.74, 6) is 0.552. The summed E-state index contributed by atoms with van der Waals surface area (Å²) in [6.07, 6.45) is 1.07. The molecule has 0 bridgehead atoms. The van der Waals surface area contributed by atoms with Crippen molar-refractivity contribution in [2.24, 2.45) is 5.92 Å². The van der Waals surface area contributed by atoms with Crippen LogP contribution in [0.3, 0.4) is 0 Å². The van der Waals surface area contributed by atoms with Crippen molar-refractivity contribution in [3.63, 3.8) is 0 Å². The lowest BCUT2D eigenvalue weighted by atomic mass is 10.0. The van der Waals surface area contributed by atoms with E-state index in [1.54, 1.807) is 0 Å². The number of hydrogen-bond acceptors (Lipinski definition) is 4. The van der Waals surface area contributed by atoms with E-state index >= 15 is 0 Å². The maximum absolute atomic E-state index is 6.16. The maximum atomic E-state index is 6.16. The highest BCUT2D eigenvalue weighted by Gasteiger charge is 2.25. The number of benzene rings is 2. The number of anilines is 1. The summed E-state index contributed by atoms with van der Waals surface area (Å²) in [4.78, 5) is 3.51. The van der Waals surface area contributed by atoms with Gasteiger partial charge in [-0.25, -0.2) is 4.31 Å². The molecule has 4 atom stereocenters. The number of hydrogen-bond donors (Lipinski definition) is 2. The minimum Gasteiger partial charge on any atom is -0.378 e. The Kier molecular flexibility index (Phi) is 7.57. The third kappa shape index (κ3) is 5.44. The van der Waals surface area contributed by atoms with Crippen LogP contribution in [0.2, 0.25) is 5.02 Å². The van der Waals surface area contributed by atoms with E-state index < -0.39 is 0 Å². The maximum Gasteiger partial charge on any atom is 0.0456 e. The number of nitrogens with zero attached hydrogens (tertiary/aromatic N) is 2. The molecule has 168 valence electrons. The predicted molar refractivity (Wildman–Crippen MR) is 142 cm³/mol. The van der Waals surface area contributed by atoms with Gasteiger partial charge >= 0.3 is 0 Å². The lowest BCUT2D eigenvalue weighted by Gasteiger charge is -2.35. The Morgan fingerprint density at radius 3 is 2.68 bits per heavy atom. The van der Waals surface area contributed by atoms with Crippen molar-refractivity contribution < 1.29 is 0 Å². The molecule has 0 aromatic heterocycles. The normalized spacial score (nSPS) is 22.9. The van der Waals surface area contributed by atoms with E-state index in [-0.39, 0.29) is 21.5 Å². The molecule has 2 N–H and O–H groups in total. The zero-order chi connectivity index (χ0) is 22.0. The molecule has 0 aliphatic carbocycles. The largest absolute Gasteiger partial charge is 0.378 e. The van der Waals surface area contributed by atoms with Crippen molar-refractivity contribution >= 4 is 49.5 Å². The first-order valence-electron chi connectivity index (χ1n) is 10.8. The van der Waals surface area contributed by atoms with Crippen LogP contribution in [0.4, 0.5) is 5.69 Å². The second kappa shape index (κ2) is 10.2. The van der Waals surface area contributed by atoms with E-state index in [2.05, 4.69) is 93.7 Å². The first-order chi connectivity index (χ1) is 14.9. The van der Waals surface area contributed by atoms with E-state index in [0.29, 0.717) is 12.0 Å². The summed E-state index contributed by atoms with van der Waals surface area (Å²) in [5.41, 5.74) is 4.05. The van der Waals surface area contributed by atoms with Gasteiger partial charge in [0.25, 0.3) is 0 Å². The van der Waals surface area contributed by atoms with Crippen molar-refractivity contribution in [3.8, 4) is 0 Å². The molecule has 7 heteroatoms. The van der Waals surface area contributed by atoms with Gasteiger partial charge in [0.1, 0.15) is 0 Å². The molecule has 2 heterocycles. The Labute approximate surface area is 197 Å². The van der Waals surface area contributed by atoms with Crippen molar-refractivity contribution in [2.75, 3.05) is 32.1 Å². The lowest BCUT2D eigenvalue weighted by molar-refractivity contribution is 0.435. The van der Waals surface area contributed by atoms with E-state index in [0.717, 1.165) is 31.1 Å². The number of nitrogens with one attached hydrogen (secondary N) is 2. The van der Waals surface area contributed by atoms with Crippen LogP contribution in [-0.4, -0.2) is 48.3 Å². The molecule has 2 aromatic rings. The standard InChI is InChI=1S/C24H33ClN4S2/c1-5-31(29-13-12-19-14-21(25)7-6-20(19)16-29)26-15-18(2)24-17-30(27-24)23-10-8-22(9-11-23)28(3)4/h5-11,14,17-18,24,26-27H,12-13,15-16H2,1-4H3/t18-,24-,30?,31?/m1/s1. The van der Waals surface area contributed by atoms with Crippen LogP contribution in [0.1, 0.15) is 25.0 Å². The Hall–Kier alpha value is -1.15. The SMILES string of the molecule is C/C=S(/NC[C@@H](C)[C@H]1C=S(c2ccc(N(C)C)cc2)N1)N1CCc2cc(Cl)ccc2C1. The second-order valence-electron chi connectivity index (χ2n) is 8.41. The van der Waals surface area contributed by atoms with Crippen LogP contribution in [0.25, 0.3) is 0 Å². The third-order valence-electron chi connectivity index (χ3n) is 5.97. The topological polar surface area (TPSA) is 30.5 Å². The Morgan fingerprint density at radius 2 is 2.00 bits per heavy atom. The fraction of sp³-hybridized carbons (Fsp3) is 0.417. The molecule has 0 fully saturated rings. The molecule has 0 amide bonds. The van der Waals surface area contributed by atoms with Crippen molar-refractivity contribution in [1.29, 1.82) is 0 Å². The van der Waals surface area contributed by atoms with Gasteiger partial charge in [0.15, 0.2) is 0 Å². The summed E-state index contributed by atoms with van der Waals surface area (Å²) in [6.45, 7) is 7.56. The molecule has 2 unspecified atom stereocenters. The van der Waals surface area contributed by atoms with Gasteiger partial charge < -0.3 is 4.90 Å². The van der Waals surface area contributed by atoms with Crippen molar-refractivity contribution in [2.45, 2.75) is 37.8 Å². The number of fused-ring (bicyclic) bond motifs is 1. The minimum absolute atomic E-state index is 0.0162. The number of rotatable bonds is 7. The van der Waals surface area contributed by atoms with Crippen LogP contribution in [0, 0.1) is 5.92 Å². The summed E-state index contributed by atoms with van der Waals surface area (Å²) in [7, 11) is 4.21. The van der Waals surface area contributed by atoms with E-state index in [9.17, 15) is 0 Å². The van der Waals surface area contributed by atoms with Crippen LogP contribution < -0.4 is 14.3 Å². The minimum atomic E-state index is -0.0162. The van der Waals surface area contributed by atoms with Gasteiger partial charge in [0.05, 0.1) is 0 Å². The predicted octanol–water partition coefficient (Wildman–Crippen LogP) is 4.93. The first-order valence-corrected chi connectivity index (χ1v) is 13.8. The van der Waals surface area contributed by atoms with Crippen LogP contribution >= 0.6 is 33.1 Å². The van der Waals surface area contributed by atoms with Gasteiger partial charge in [-0.2, -0.15) is 0 Å². The highest BCUT2D eigenvalue weighted by atomic mass is 35.5. The second-order valence-corrected chi connectivity index (χ2v) is 12.4. The molecule has 0 saturated carbocycles. The molecule has 2 aromatic carbocycles. The Morgan fingerprint density at radius 1 is 1.26 bits per heavy atom. The van der Waals surface area contributed by atoms with E-state index in [4.69, 9.17) is 11.6 Å². The molecule has 2 aliphatic heterocycles. The highest BCUT2D eigenvalue weighted by molar-refractivity contribution is 8.14. The highest BCUT2D eigenvalue weighted by Crippen LogP contribution is 2.33. The monoisotopic (exact) mass is 476 g/mol. The molecule has 4 nitrogen and oxygen atoms in total. The molecule has 0 spiro atoms.